The predicted molar refractivity (Wildman–Crippen MR) is 84.6 cm³/mol. The van der Waals surface area contributed by atoms with Crippen LogP contribution in [0.4, 0.5) is 4.39 Å². The Morgan fingerprint density at radius 3 is 2.77 bits per heavy atom. The van der Waals surface area contributed by atoms with Gasteiger partial charge in [0.2, 0.25) is 0 Å². The molecule has 2 rings (SSSR count). The average Bonchev–Trinajstić information content (AvgIpc) is 2.89. The highest BCUT2D eigenvalue weighted by atomic mass is 32.1. The molecule has 2 N–H and O–H groups in total. The number of ether oxygens (including phenoxy) is 1. The molecule has 0 aliphatic rings. The number of benzene rings is 1. The number of hydrogen-bond acceptors (Lipinski definition) is 5. The highest BCUT2D eigenvalue weighted by molar-refractivity contribution is 7.09. The average molecular weight is 323 g/mol. The van der Waals surface area contributed by atoms with Crippen LogP contribution >= 0.6 is 11.3 Å². The summed E-state index contributed by atoms with van der Waals surface area (Å²) < 4.78 is 18.1. The molecule has 1 aromatic heterocycles. The molecule has 5 nitrogen and oxygen atoms in total. The molecule has 0 saturated carbocycles. The number of halogens is 1. The number of aryl methyl sites for hydroxylation is 1. The highest BCUT2D eigenvalue weighted by Gasteiger charge is 2.01. The lowest BCUT2D eigenvalue weighted by Crippen LogP contribution is -2.16. The van der Waals surface area contributed by atoms with E-state index in [1.54, 1.807) is 23.5 Å². The summed E-state index contributed by atoms with van der Waals surface area (Å²) in [6.45, 7) is 2.81. The zero-order chi connectivity index (χ0) is 15.8. The van der Waals surface area contributed by atoms with Crippen LogP contribution in [0.15, 0.2) is 34.8 Å². The van der Waals surface area contributed by atoms with E-state index < -0.39 is 0 Å². The number of hydrogen-bond donors (Lipinski definition) is 1. The molecular formula is C15H18FN3O2S. The number of rotatable bonds is 8. The fraction of sp³-hybridized carbons (Fsp3) is 0.333. The van der Waals surface area contributed by atoms with Gasteiger partial charge >= 0.3 is 0 Å². The molecule has 0 aliphatic heterocycles. The van der Waals surface area contributed by atoms with E-state index in [4.69, 9.17) is 15.3 Å². The van der Waals surface area contributed by atoms with Crippen molar-refractivity contribution >= 4 is 17.2 Å². The molecule has 118 valence electrons. The van der Waals surface area contributed by atoms with E-state index in [2.05, 4.69) is 10.1 Å². The molecule has 0 bridgehead atoms. The van der Waals surface area contributed by atoms with Gasteiger partial charge in [0, 0.05) is 11.8 Å². The number of aromatic nitrogens is 1. The number of oxime groups is 1. The maximum atomic E-state index is 12.7. The molecule has 1 aromatic carbocycles. The summed E-state index contributed by atoms with van der Waals surface area (Å²) in [4.78, 5) is 9.43. The smallest absolute Gasteiger partial charge is 0.145 e. The summed E-state index contributed by atoms with van der Waals surface area (Å²) in [5.41, 5.74) is 6.65. The van der Waals surface area contributed by atoms with E-state index in [9.17, 15) is 4.39 Å². The molecule has 0 fully saturated rings. The Bertz CT molecular complexity index is 614. The topological polar surface area (TPSA) is 69.7 Å². The van der Waals surface area contributed by atoms with Gasteiger partial charge in [-0.1, -0.05) is 5.16 Å². The normalized spacial score (nSPS) is 11.5. The van der Waals surface area contributed by atoms with Crippen LogP contribution in [0.2, 0.25) is 0 Å². The third kappa shape index (κ3) is 5.69. The van der Waals surface area contributed by atoms with Gasteiger partial charge in [-0.05, 0) is 31.2 Å². The van der Waals surface area contributed by atoms with Crippen LogP contribution in [0.25, 0.3) is 0 Å². The second kappa shape index (κ2) is 8.33. The van der Waals surface area contributed by atoms with Crippen LogP contribution in [-0.4, -0.2) is 24.0 Å². The van der Waals surface area contributed by atoms with Crippen molar-refractivity contribution in [2.45, 2.75) is 19.8 Å². The number of thiazole rings is 1. The summed E-state index contributed by atoms with van der Waals surface area (Å²) in [6.07, 6.45) is 1.14. The minimum Gasteiger partial charge on any atom is -0.493 e. The molecular weight excluding hydrogens is 305 g/mol. The lowest BCUT2D eigenvalue weighted by molar-refractivity contribution is 0.127. The minimum absolute atomic E-state index is 0.282. The summed E-state index contributed by atoms with van der Waals surface area (Å²) >= 11 is 1.58. The third-order valence-corrected chi connectivity index (χ3v) is 3.50. The van der Waals surface area contributed by atoms with Gasteiger partial charge < -0.3 is 15.3 Å². The first kappa shape index (κ1) is 16.2. The van der Waals surface area contributed by atoms with Crippen molar-refractivity contribution < 1.29 is 14.0 Å². The van der Waals surface area contributed by atoms with Gasteiger partial charge in [-0.3, -0.25) is 0 Å². The summed E-state index contributed by atoms with van der Waals surface area (Å²) in [5, 5.41) is 6.79. The van der Waals surface area contributed by atoms with Crippen molar-refractivity contribution in [2.75, 3.05) is 13.2 Å². The number of nitrogens with zero attached hydrogens (tertiary/aromatic N) is 2. The minimum atomic E-state index is -0.282. The third-order valence-electron chi connectivity index (χ3n) is 2.67. The zero-order valence-electron chi connectivity index (χ0n) is 12.3. The summed E-state index contributed by atoms with van der Waals surface area (Å²) in [7, 11) is 0. The molecule has 7 heteroatoms. The van der Waals surface area contributed by atoms with Crippen LogP contribution < -0.4 is 10.5 Å². The number of amidine groups is 1. The first-order valence-electron chi connectivity index (χ1n) is 6.87. The van der Waals surface area contributed by atoms with Gasteiger partial charge in [0.25, 0.3) is 0 Å². The first-order valence-corrected chi connectivity index (χ1v) is 7.75. The Morgan fingerprint density at radius 1 is 1.32 bits per heavy atom. The van der Waals surface area contributed by atoms with Gasteiger partial charge in [0.05, 0.1) is 23.7 Å². The second-order valence-corrected chi connectivity index (χ2v) is 5.67. The van der Waals surface area contributed by atoms with Crippen molar-refractivity contribution in [2.24, 2.45) is 10.9 Å². The zero-order valence-corrected chi connectivity index (χ0v) is 13.1. The monoisotopic (exact) mass is 323 g/mol. The van der Waals surface area contributed by atoms with E-state index in [0.29, 0.717) is 37.6 Å². The van der Waals surface area contributed by atoms with Gasteiger partial charge in [-0.15, -0.1) is 11.3 Å². The van der Waals surface area contributed by atoms with Crippen molar-refractivity contribution in [1.82, 2.24) is 4.98 Å². The highest BCUT2D eigenvalue weighted by Crippen LogP contribution is 2.11. The Morgan fingerprint density at radius 2 is 2.09 bits per heavy atom. The van der Waals surface area contributed by atoms with Crippen LogP contribution in [0.5, 0.6) is 5.75 Å². The maximum absolute atomic E-state index is 12.7. The van der Waals surface area contributed by atoms with Crippen molar-refractivity contribution in [3.63, 3.8) is 0 Å². The SMILES string of the molecule is Cc1nc(CC(N)=NOCCCOc2ccc(F)cc2)cs1. The number of nitrogens with two attached hydrogens (primary N) is 1. The fourth-order valence-corrected chi connectivity index (χ4v) is 2.29. The summed E-state index contributed by atoms with van der Waals surface area (Å²) in [6, 6.07) is 5.89. The molecule has 0 saturated heterocycles. The van der Waals surface area contributed by atoms with Crippen LogP contribution in [0, 0.1) is 12.7 Å². The van der Waals surface area contributed by atoms with E-state index in [-0.39, 0.29) is 5.82 Å². The Hall–Kier alpha value is -2.15. The van der Waals surface area contributed by atoms with E-state index in [0.717, 1.165) is 10.7 Å². The van der Waals surface area contributed by atoms with E-state index >= 15 is 0 Å². The lowest BCUT2D eigenvalue weighted by atomic mass is 10.3. The maximum Gasteiger partial charge on any atom is 0.145 e. The second-order valence-electron chi connectivity index (χ2n) is 4.61. The predicted octanol–water partition coefficient (Wildman–Crippen LogP) is 2.89. The Kier molecular flexibility index (Phi) is 6.14. The van der Waals surface area contributed by atoms with E-state index in [1.165, 1.54) is 12.1 Å². The summed E-state index contributed by atoms with van der Waals surface area (Å²) in [5.74, 6) is 0.740. The Balaban J connectivity index is 1.60. The van der Waals surface area contributed by atoms with Crippen molar-refractivity contribution in [3.8, 4) is 5.75 Å². The quantitative estimate of drug-likeness (QED) is 0.351. The van der Waals surface area contributed by atoms with Gasteiger partial charge in [0.1, 0.15) is 24.0 Å². The fourth-order valence-electron chi connectivity index (χ4n) is 1.68. The molecule has 0 unspecified atom stereocenters. The lowest BCUT2D eigenvalue weighted by Gasteiger charge is -2.05. The molecule has 0 atom stereocenters. The van der Waals surface area contributed by atoms with Crippen LogP contribution in [-0.2, 0) is 11.3 Å². The molecule has 0 radical (unpaired) electrons. The Labute approximate surface area is 132 Å². The molecule has 0 spiro atoms. The molecule has 22 heavy (non-hydrogen) atoms. The molecule has 2 aromatic rings. The van der Waals surface area contributed by atoms with Crippen LogP contribution in [0.1, 0.15) is 17.1 Å². The van der Waals surface area contributed by atoms with Crippen molar-refractivity contribution in [3.05, 3.63) is 46.2 Å². The largest absolute Gasteiger partial charge is 0.493 e. The molecule has 0 amide bonds. The first-order chi connectivity index (χ1) is 10.6. The molecule has 1 heterocycles. The molecule has 0 aliphatic carbocycles. The van der Waals surface area contributed by atoms with Crippen LogP contribution in [0.3, 0.4) is 0 Å². The standard InChI is InChI=1S/C15H18FN3O2S/c1-11-18-13(10-22-11)9-15(17)19-21-8-2-7-20-14-5-3-12(16)4-6-14/h3-6,10H,2,7-9H2,1H3,(H2,17,19). The van der Waals surface area contributed by atoms with Gasteiger partial charge in [-0.2, -0.15) is 0 Å². The van der Waals surface area contributed by atoms with E-state index in [1.807, 2.05) is 12.3 Å². The van der Waals surface area contributed by atoms with Gasteiger partial charge in [0.15, 0.2) is 0 Å². The van der Waals surface area contributed by atoms with Gasteiger partial charge in [-0.25, -0.2) is 9.37 Å². The van der Waals surface area contributed by atoms with Crippen molar-refractivity contribution in [1.29, 1.82) is 0 Å².